The van der Waals surface area contributed by atoms with Gasteiger partial charge in [0.1, 0.15) is 11.5 Å². The molecule has 0 bridgehead atoms. The molecule has 2 fully saturated rings. The van der Waals surface area contributed by atoms with Crippen molar-refractivity contribution in [1.82, 2.24) is 0 Å². The summed E-state index contributed by atoms with van der Waals surface area (Å²) in [7, 11) is 0. The van der Waals surface area contributed by atoms with Crippen LogP contribution in [0.5, 0.6) is 11.5 Å². The summed E-state index contributed by atoms with van der Waals surface area (Å²) in [4.78, 5) is 0. The fourth-order valence-corrected chi connectivity index (χ4v) is 10.9. The van der Waals surface area contributed by atoms with Crippen LogP contribution in [0.3, 0.4) is 0 Å². The van der Waals surface area contributed by atoms with E-state index in [0.29, 0.717) is 24.0 Å². The van der Waals surface area contributed by atoms with E-state index in [1.165, 1.54) is 148 Å². The summed E-state index contributed by atoms with van der Waals surface area (Å²) in [5.74, 6) is 3.66. The molecule has 0 N–H and O–H groups in total. The molecule has 0 aromatic heterocycles. The Kier molecular flexibility index (Phi) is 22.8. The van der Waals surface area contributed by atoms with Crippen molar-refractivity contribution >= 4 is 0 Å². The van der Waals surface area contributed by atoms with Crippen molar-refractivity contribution < 1.29 is 18.9 Å². The molecule has 4 heteroatoms. The van der Waals surface area contributed by atoms with Crippen LogP contribution in [0.15, 0.2) is 24.3 Å². The maximum atomic E-state index is 7.21. The van der Waals surface area contributed by atoms with Crippen molar-refractivity contribution in [2.24, 2.45) is 11.8 Å². The minimum absolute atomic E-state index is 0.0124. The molecule has 4 rings (SSSR count). The highest BCUT2D eigenvalue weighted by atomic mass is 16.6. The topological polar surface area (TPSA) is 43.5 Å². The first kappa shape index (κ1) is 55.6. The number of hydrogen-bond donors (Lipinski definition) is 0. The summed E-state index contributed by atoms with van der Waals surface area (Å²) in [5.41, 5.74) is 8.49. The van der Waals surface area contributed by atoms with Crippen molar-refractivity contribution in [1.29, 1.82) is 0 Å². The zero-order valence-corrected chi connectivity index (χ0v) is 45.3. The first-order valence-electron chi connectivity index (χ1n) is 27.8. The lowest BCUT2D eigenvalue weighted by atomic mass is 9.71. The van der Waals surface area contributed by atoms with Crippen LogP contribution < -0.4 is 9.47 Å². The zero-order valence-electron chi connectivity index (χ0n) is 45.3. The number of rotatable bonds is 36. The van der Waals surface area contributed by atoms with Gasteiger partial charge in [0, 0.05) is 22.3 Å². The van der Waals surface area contributed by atoms with Gasteiger partial charge < -0.3 is 18.9 Å². The Hall–Kier alpha value is -2.04. The summed E-state index contributed by atoms with van der Waals surface area (Å²) in [5, 5.41) is 0. The van der Waals surface area contributed by atoms with E-state index in [9.17, 15) is 0 Å². The highest BCUT2D eigenvalue weighted by Crippen LogP contribution is 2.48. The summed E-state index contributed by atoms with van der Waals surface area (Å²) in [6.45, 7) is 37.4. The van der Waals surface area contributed by atoms with Crippen molar-refractivity contribution in [3.63, 3.8) is 0 Å². The van der Waals surface area contributed by atoms with Crippen molar-refractivity contribution in [3.05, 3.63) is 57.6 Å². The van der Waals surface area contributed by atoms with Crippen molar-refractivity contribution in [3.8, 4) is 11.5 Å². The molecule has 0 radical (unpaired) electrons. The van der Waals surface area contributed by atoms with Crippen LogP contribution in [0.1, 0.15) is 272 Å². The lowest BCUT2D eigenvalue weighted by molar-refractivity contribution is 0.253. The van der Waals surface area contributed by atoms with E-state index < -0.39 is 0 Å². The van der Waals surface area contributed by atoms with Gasteiger partial charge in [-0.3, -0.25) is 0 Å². The summed E-state index contributed by atoms with van der Waals surface area (Å²) in [6.07, 6.45) is 28.3. The molecule has 4 nitrogen and oxygen atoms in total. The summed E-state index contributed by atoms with van der Waals surface area (Å²) >= 11 is 0. The van der Waals surface area contributed by atoms with E-state index in [-0.39, 0.29) is 21.7 Å². The monoisotopic (exact) mass is 901 g/mol. The molecule has 2 saturated heterocycles. The number of unbranched alkanes of at least 4 members (excludes halogenated alkanes) is 8. The van der Waals surface area contributed by atoms with Gasteiger partial charge >= 0.3 is 0 Å². The Morgan fingerprint density at radius 3 is 0.954 bits per heavy atom. The predicted octanol–water partition coefficient (Wildman–Crippen LogP) is 17.9. The maximum Gasteiger partial charge on any atom is 0.126 e. The molecule has 4 unspecified atom stereocenters. The standard InChI is InChI=1S/C61H104O4/c1-15-21-25-33-58(7,8)50-40-46(41-51(59(9,10)34-26-22-16-2)56(50)62-37-29-31-48(19-5)54-44-64-54)39-47-42-52(60(11,12)35-27-23-17-3)57(53(43-47)61(13,14)36-28-24-18-4)63-38-30-32-49(20-6)55-45-65-55/h40-43,48-49,54-55H,15-39,44-45H2,1-14H3. The van der Waals surface area contributed by atoms with Gasteiger partial charge in [-0.1, -0.05) is 211 Å². The van der Waals surface area contributed by atoms with Crippen LogP contribution in [0.2, 0.25) is 0 Å². The largest absolute Gasteiger partial charge is 0.493 e. The molecule has 0 aliphatic carbocycles. The molecule has 0 spiro atoms. The van der Waals surface area contributed by atoms with Gasteiger partial charge in [0.2, 0.25) is 0 Å². The van der Waals surface area contributed by atoms with Gasteiger partial charge in [-0.25, -0.2) is 0 Å². The number of epoxide rings is 2. The first-order valence-corrected chi connectivity index (χ1v) is 27.8. The molecule has 2 aliphatic heterocycles. The third-order valence-electron chi connectivity index (χ3n) is 16.0. The van der Waals surface area contributed by atoms with Gasteiger partial charge in [0.05, 0.1) is 38.6 Å². The number of ether oxygens (including phenoxy) is 4. The van der Waals surface area contributed by atoms with Gasteiger partial charge in [0.15, 0.2) is 0 Å². The van der Waals surface area contributed by atoms with E-state index in [1.54, 1.807) is 0 Å². The minimum Gasteiger partial charge on any atom is -0.493 e. The molecule has 2 aromatic carbocycles. The van der Waals surface area contributed by atoms with Crippen molar-refractivity contribution in [2.75, 3.05) is 26.4 Å². The highest BCUT2D eigenvalue weighted by Gasteiger charge is 2.36. The predicted molar refractivity (Wildman–Crippen MR) is 281 cm³/mol. The molecule has 65 heavy (non-hydrogen) atoms. The lowest BCUT2D eigenvalue weighted by Crippen LogP contribution is -2.25. The number of hydrogen-bond acceptors (Lipinski definition) is 4. The fourth-order valence-electron chi connectivity index (χ4n) is 10.9. The molecular weight excluding hydrogens is 797 g/mol. The number of benzene rings is 2. The Balaban J connectivity index is 1.88. The molecule has 2 heterocycles. The van der Waals surface area contributed by atoms with Crippen LogP contribution in [0.4, 0.5) is 0 Å². The van der Waals surface area contributed by atoms with Gasteiger partial charge in [0.25, 0.3) is 0 Å². The third kappa shape index (κ3) is 17.2. The summed E-state index contributed by atoms with van der Waals surface area (Å²) < 4.78 is 25.9. The first-order chi connectivity index (χ1) is 31.0. The second kappa shape index (κ2) is 26.6. The normalized spacial score (nSPS) is 17.6. The lowest BCUT2D eigenvalue weighted by Gasteiger charge is -2.35. The van der Waals surface area contributed by atoms with E-state index in [1.807, 2.05) is 0 Å². The van der Waals surface area contributed by atoms with Crippen LogP contribution in [-0.4, -0.2) is 38.6 Å². The van der Waals surface area contributed by atoms with E-state index in [0.717, 1.165) is 71.4 Å². The van der Waals surface area contributed by atoms with Gasteiger partial charge in [-0.2, -0.15) is 0 Å². The highest BCUT2D eigenvalue weighted by molar-refractivity contribution is 5.55. The molecule has 2 aliphatic rings. The van der Waals surface area contributed by atoms with Crippen molar-refractivity contribution in [2.45, 2.75) is 278 Å². The van der Waals surface area contributed by atoms with Gasteiger partial charge in [-0.15, -0.1) is 0 Å². The maximum absolute atomic E-state index is 7.21. The van der Waals surface area contributed by atoms with E-state index in [4.69, 9.17) is 18.9 Å². The third-order valence-corrected chi connectivity index (χ3v) is 16.0. The Morgan fingerprint density at radius 1 is 0.446 bits per heavy atom. The van der Waals surface area contributed by atoms with Crippen LogP contribution >= 0.6 is 0 Å². The second-order valence-electron chi connectivity index (χ2n) is 23.6. The molecule has 372 valence electrons. The fraction of sp³-hybridized carbons (Fsp3) is 0.803. The molecule has 0 amide bonds. The Morgan fingerprint density at radius 2 is 0.723 bits per heavy atom. The van der Waals surface area contributed by atoms with Crippen LogP contribution in [0, 0.1) is 11.8 Å². The Bertz CT molecular complexity index is 1450. The van der Waals surface area contributed by atoms with Crippen LogP contribution in [0.25, 0.3) is 0 Å². The smallest absolute Gasteiger partial charge is 0.126 e. The molecule has 0 saturated carbocycles. The van der Waals surface area contributed by atoms with Gasteiger partial charge in [-0.05, 0) is 102 Å². The summed E-state index contributed by atoms with van der Waals surface area (Å²) in [6, 6.07) is 10.4. The van der Waals surface area contributed by atoms with E-state index in [2.05, 4.69) is 121 Å². The average molecular weight is 901 g/mol. The molecular formula is C61H104O4. The van der Waals surface area contributed by atoms with E-state index >= 15 is 0 Å². The molecule has 2 aromatic rings. The average Bonchev–Trinajstić information content (AvgIpc) is 4.20. The van der Waals surface area contributed by atoms with Crippen LogP contribution in [-0.2, 0) is 37.6 Å². The second-order valence-corrected chi connectivity index (χ2v) is 23.6. The quantitative estimate of drug-likeness (QED) is 0.0505. The zero-order chi connectivity index (χ0) is 47.7. The Labute approximate surface area is 403 Å². The molecule has 4 atom stereocenters. The SMILES string of the molecule is CCCCCC(C)(C)c1cc(Cc2cc(C(C)(C)CCCCC)c(OCCCC(CC)C3CO3)c(C(C)(C)CCCCC)c2)cc(C(C)(C)CCCCC)c1OCCCC(CC)C1CO1. The minimum atomic E-state index is -0.0124.